The van der Waals surface area contributed by atoms with E-state index in [-0.39, 0.29) is 19.1 Å². The molecule has 3 unspecified atom stereocenters. The lowest BCUT2D eigenvalue weighted by Crippen LogP contribution is -2.45. The van der Waals surface area contributed by atoms with Crippen LogP contribution in [0.5, 0.6) is 0 Å². The smallest absolute Gasteiger partial charge is 0.268 e. The van der Waals surface area contributed by atoms with E-state index in [1.165, 1.54) is 212 Å². The Bertz CT molecular complexity index is 1390. The van der Waals surface area contributed by atoms with Crippen LogP contribution in [0.2, 0.25) is 0 Å². The third-order valence-electron chi connectivity index (χ3n) is 14.2. The van der Waals surface area contributed by atoms with E-state index in [9.17, 15) is 19.4 Å². The third-order valence-corrected chi connectivity index (χ3v) is 15.2. The normalized spacial score (nSPS) is 14.2. The number of rotatable bonds is 58. The van der Waals surface area contributed by atoms with Crippen LogP contribution in [0.1, 0.15) is 296 Å². The third kappa shape index (κ3) is 57.9. The van der Waals surface area contributed by atoms with E-state index >= 15 is 0 Å². The van der Waals surface area contributed by atoms with E-state index in [1.54, 1.807) is 6.08 Å². The molecule has 0 aromatic carbocycles. The van der Waals surface area contributed by atoms with Gasteiger partial charge in [0.05, 0.1) is 39.9 Å². The van der Waals surface area contributed by atoms with Gasteiger partial charge in [-0.05, 0) is 57.8 Å². The van der Waals surface area contributed by atoms with Gasteiger partial charge in [0.25, 0.3) is 7.82 Å². The lowest BCUT2D eigenvalue weighted by atomic mass is 10.0. The van der Waals surface area contributed by atoms with Crippen molar-refractivity contribution in [1.29, 1.82) is 0 Å². The maximum Gasteiger partial charge on any atom is 0.268 e. The van der Waals surface area contributed by atoms with Gasteiger partial charge in [0.2, 0.25) is 5.91 Å². The lowest BCUT2D eigenvalue weighted by Gasteiger charge is -2.29. The highest BCUT2D eigenvalue weighted by atomic mass is 31.2. The molecule has 2 N–H and O–H groups in total. The number of nitrogens with zero attached hydrogens (tertiary/aromatic N) is 1. The molecular formula is C65H123N2O6P. The van der Waals surface area contributed by atoms with Gasteiger partial charge in [-0.3, -0.25) is 9.36 Å². The Morgan fingerprint density at radius 3 is 1.20 bits per heavy atom. The van der Waals surface area contributed by atoms with E-state index < -0.39 is 20.0 Å². The van der Waals surface area contributed by atoms with Crippen LogP contribution in [-0.4, -0.2) is 68.5 Å². The highest BCUT2D eigenvalue weighted by molar-refractivity contribution is 7.45. The lowest BCUT2D eigenvalue weighted by molar-refractivity contribution is -0.870. The highest BCUT2D eigenvalue weighted by Crippen LogP contribution is 2.38. The molecule has 74 heavy (non-hydrogen) atoms. The fourth-order valence-electron chi connectivity index (χ4n) is 9.32. The van der Waals surface area contributed by atoms with Crippen LogP contribution in [0.4, 0.5) is 0 Å². The largest absolute Gasteiger partial charge is 0.756 e. The fourth-order valence-corrected chi connectivity index (χ4v) is 10.0. The molecule has 0 aliphatic carbocycles. The molecule has 0 saturated heterocycles. The summed E-state index contributed by atoms with van der Waals surface area (Å²) in [6, 6.07) is -0.893. The number of likely N-dealkylation sites (N-methyl/N-ethyl adjacent to an activating group) is 1. The number of quaternary nitrogens is 1. The first-order valence-corrected chi connectivity index (χ1v) is 33.1. The molecule has 0 spiro atoms. The fraction of sp³-hybridized carbons (Fsp3) is 0.831. The van der Waals surface area contributed by atoms with Crippen molar-refractivity contribution in [1.82, 2.24) is 5.32 Å². The van der Waals surface area contributed by atoms with Crippen LogP contribution < -0.4 is 10.2 Å². The van der Waals surface area contributed by atoms with Crippen molar-refractivity contribution in [3.8, 4) is 0 Å². The minimum atomic E-state index is -4.60. The Balaban J connectivity index is 4.14. The summed E-state index contributed by atoms with van der Waals surface area (Å²) in [5.41, 5.74) is 0. The predicted molar refractivity (Wildman–Crippen MR) is 321 cm³/mol. The molecule has 0 aromatic rings. The van der Waals surface area contributed by atoms with Gasteiger partial charge in [-0.25, -0.2) is 0 Å². The molecule has 8 nitrogen and oxygen atoms in total. The van der Waals surface area contributed by atoms with Crippen LogP contribution >= 0.6 is 7.82 Å². The Morgan fingerprint density at radius 2 is 0.824 bits per heavy atom. The standard InChI is InChI=1S/C65H123N2O6P/c1-6-8-10-12-14-16-18-20-22-24-26-28-30-31-32-33-34-35-37-38-40-42-44-46-48-50-52-54-56-58-64(68)63(62-73-74(70,71)72-61-60-67(3,4)5)66-65(69)59-57-55-53-51-49-47-45-43-41-39-36-29-27-25-23-21-19-17-15-13-11-9-7-2/h9,11,15,17,21,23,27,29,56,58,63-64,68H,6-8,10,12-14,16,18-20,22,24-26,28,30-55,57,59-62H2,1-5H3,(H-,66,69,70,71)/b11-9-,17-15-,23-21-,29-27-,58-56+. The Labute approximate surface area is 460 Å². The van der Waals surface area contributed by atoms with Crippen LogP contribution in [-0.2, 0) is 18.4 Å². The van der Waals surface area contributed by atoms with E-state index in [0.717, 1.165) is 64.2 Å². The molecule has 0 aliphatic heterocycles. The topological polar surface area (TPSA) is 108 Å². The number of allylic oxidation sites excluding steroid dienone is 9. The zero-order chi connectivity index (χ0) is 54.2. The van der Waals surface area contributed by atoms with Crippen LogP contribution in [0, 0.1) is 0 Å². The first-order chi connectivity index (χ1) is 36.0. The zero-order valence-electron chi connectivity index (χ0n) is 49.5. The highest BCUT2D eigenvalue weighted by Gasteiger charge is 2.23. The van der Waals surface area contributed by atoms with E-state index in [1.807, 2.05) is 27.2 Å². The van der Waals surface area contributed by atoms with Crippen molar-refractivity contribution in [2.75, 3.05) is 40.9 Å². The van der Waals surface area contributed by atoms with Crippen molar-refractivity contribution in [2.24, 2.45) is 0 Å². The molecular weight excluding hydrogens is 936 g/mol. The number of carbonyl (C=O) groups is 1. The average Bonchev–Trinajstić information content (AvgIpc) is 3.36. The number of hydrogen-bond donors (Lipinski definition) is 2. The molecule has 1 amide bonds. The van der Waals surface area contributed by atoms with Crippen LogP contribution in [0.15, 0.2) is 60.8 Å². The molecule has 0 fully saturated rings. The Kier molecular flexibility index (Phi) is 54.6. The number of phosphoric ester groups is 1. The molecule has 0 aromatic heterocycles. The summed E-state index contributed by atoms with van der Waals surface area (Å²) in [5, 5.41) is 13.9. The number of phosphoric acid groups is 1. The summed E-state index contributed by atoms with van der Waals surface area (Å²) in [6.07, 6.45) is 76.0. The molecule has 0 heterocycles. The van der Waals surface area contributed by atoms with E-state index in [0.29, 0.717) is 17.4 Å². The van der Waals surface area contributed by atoms with Crippen LogP contribution in [0.25, 0.3) is 0 Å². The molecule has 0 bridgehead atoms. The van der Waals surface area contributed by atoms with Crippen molar-refractivity contribution < 1.29 is 32.9 Å². The number of carbonyl (C=O) groups excluding carboxylic acids is 1. The first-order valence-electron chi connectivity index (χ1n) is 31.7. The van der Waals surface area contributed by atoms with Gasteiger partial charge < -0.3 is 28.8 Å². The maximum absolute atomic E-state index is 13.0. The van der Waals surface area contributed by atoms with Gasteiger partial charge in [0.15, 0.2) is 0 Å². The van der Waals surface area contributed by atoms with Crippen molar-refractivity contribution >= 4 is 13.7 Å². The Hall–Kier alpha value is -1.80. The molecule has 0 radical (unpaired) electrons. The summed E-state index contributed by atoms with van der Waals surface area (Å²) < 4.78 is 23.4. The van der Waals surface area contributed by atoms with Gasteiger partial charge >= 0.3 is 0 Å². The van der Waals surface area contributed by atoms with Gasteiger partial charge in [-0.15, -0.1) is 0 Å². The average molecular weight is 1060 g/mol. The molecule has 434 valence electrons. The van der Waals surface area contributed by atoms with Crippen molar-refractivity contribution in [3.63, 3.8) is 0 Å². The molecule has 0 aliphatic rings. The monoisotopic (exact) mass is 1060 g/mol. The van der Waals surface area contributed by atoms with Crippen LogP contribution in [0.3, 0.4) is 0 Å². The second-order valence-corrected chi connectivity index (χ2v) is 24.1. The van der Waals surface area contributed by atoms with Gasteiger partial charge in [-0.2, -0.15) is 0 Å². The number of amides is 1. The molecule has 3 atom stereocenters. The number of hydrogen-bond acceptors (Lipinski definition) is 6. The summed E-state index contributed by atoms with van der Waals surface area (Å²) >= 11 is 0. The second kappa shape index (κ2) is 55.9. The minimum absolute atomic E-state index is 0.00331. The summed E-state index contributed by atoms with van der Waals surface area (Å²) in [4.78, 5) is 25.6. The quantitative estimate of drug-likeness (QED) is 0.0272. The van der Waals surface area contributed by atoms with Gasteiger partial charge in [0.1, 0.15) is 13.2 Å². The Morgan fingerprint density at radius 1 is 0.486 bits per heavy atom. The first kappa shape index (κ1) is 72.2. The minimum Gasteiger partial charge on any atom is -0.756 e. The summed E-state index contributed by atoms with van der Waals surface area (Å²) in [7, 11) is 1.26. The second-order valence-electron chi connectivity index (χ2n) is 22.7. The number of nitrogens with one attached hydrogen (secondary N) is 1. The van der Waals surface area contributed by atoms with Crippen molar-refractivity contribution in [3.05, 3.63) is 60.8 Å². The molecule has 0 saturated carbocycles. The van der Waals surface area contributed by atoms with Gasteiger partial charge in [0, 0.05) is 6.42 Å². The molecule has 0 rings (SSSR count). The van der Waals surface area contributed by atoms with E-state index in [4.69, 9.17) is 9.05 Å². The van der Waals surface area contributed by atoms with Gasteiger partial charge in [-0.1, -0.05) is 293 Å². The van der Waals surface area contributed by atoms with E-state index in [2.05, 4.69) is 67.8 Å². The maximum atomic E-state index is 13.0. The number of aliphatic hydroxyl groups excluding tert-OH is 1. The predicted octanol–water partition coefficient (Wildman–Crippen LogP) is 19.0. The molecule has 9 heteroatoms. The number of aliphatic hydroxyl groups is 1. The SMILES string of the molecule is CC/C=C\C/C=C\C/C=C\C/C=C\CCCCCCCCCCCCC(=O)NC(COP(=O)([O-])OCC[N+](C)(C)C)C(O)/C=C/CCCCCCCCCCCCCCCCCCCCCCCCCCCCC. The summed E-state index contributed by atoms with van der Waals surface area (Å²) in [6.45, 7) is 4.57. The summed E-state index contributed by atoms with van der Waals surface area (Å²) in [5.74, 6) is -0.200. The zero-order valence-corrected chi connectivity index (χ0v) is 50.4. The van der Waals surface area contributed by atoms with Crippen molar-refractivity contribution in [2.45, 2.75) is 309 Å². The number of unbranched alkanes of at least 4 members (excludes halogenated alkanes) is 37.